The number of carbonyl (C=O) groups is 2. The van der Waals surface area contributed by atoms with Gasteiger partial charge in [-0.1, -0.05) is 44.2 Å². The maximum atomic E-state index is 12.8. The summed E-state index contributed by atoms with van der Waals surface area (Å²) >= 11 is 0. The Morgan fingerprint density at radius 2 is 2.08 bits per heavy atom. The topological polar surface area (TPSA) is 55.8 Å². The molecule has 0 radical (unpaired) electrons. The first kappa shape index (κ1) is 18.0. The van der Waals surface area contributed by atoms with Crippen LogP contribution in [0.2, 0.25) is 0 Å². The summed E-state index contributed by atoms with van der Waals surface area (Å²) < 4.78 is 10.8. The fourth-order valence-electron chi connectivity index (χ4n) is 2.52. The van der Waals surface area contributed by atoms with E-state index in [0.29, 0.717) is 0 Å². The number of carbonyl (C=O) groups excluding carboxylic acids is 2. The molecule has 5 nitrogen and oxygen atoms in total. The largest absolute Gasteiger partial charge is 0.447 e. The number of amides is 2. The van der Waals surface area contributed by atoms with Gasteiger partial charge >= 0.3 is 6.09 Å². The molecule has 1 saturated heterocycles. The van der Waals surface area contributed by atoms with Crippen LogP contribution in [0.1, 0.15) is 32.8 Å². The number of rotatable bonds is 6. The molecule has 0 N–H and O–H groups in total. The zero-order valence-corrected chi connectivity index (χ0v) is 14.3. The number of hydrogen-bond donors (Lipinski definition) is 0. The highest BCUT2D eigenvalue weighted by atomic mass is 16.6. The third-order valence-corrected chi connectivity index (χ3v) is 3.95. The van der Waals surface area contributed by atoms with E-state index in [1.165, 1.54) is 4.90 Å². The lowest BCUT2D eigenvalue weighted by Crippen LogP contribution is -2.47. The molecule has 128 valence electrons. The molecule has 0 aromatic heterocycles. The van der Waals surface area contributed by atoms with Crippen molar-refractivity contribution in [2.24, 2.45) is 5.92 Å². The van der Waals surface area contributed by atoms with Gasteiger partial charge in [-0.25, -0.2) is 9.69 Å². The minimum absolute atomic E-state index is 0.118. The molecule has 1 aliphatic heterocycles. The van der Waals surface area contributed by atoms with Crippen LogP contribution in [0.3, 0.4) is 0 Å². The summed E-state index contributed by atoms with van der Waals surface area (Å²) in [5.41, 5.74) is 0.962. The quantitative estimate of drug-likeness (QED) is 0.753. The van der Waals surface area contributed by atoms with Crippen molar-refractivity contribution in [3.63, 3.8) is 0 Å². The Hall–Kier alpha value is -2.32. The molecule has 2 amide bonds. The molecule has 1 fully saturated rings. The van der Waals surface area contributed by atoms with E-state index in [0.717, 1.165) is 5.56 Å². The minimum Gasteiger partial charge on any atom is -0.447 e. The Balaban J connectivity index is 2.11. The van der Waals surface area contributed by atoms with Gasteiger partial charge in [0.1, 0.15) is 12.7 Å². The second kappa shape index (κ2) is 8.51. The number of hydrogen-bond acceptors (Lipinski definition) is 4. The van der Waals surface area contributed by atoms with Crippen molar-refractivity contribution in [2.45, 2.75) is 45.9 Å². The first-order valence-electron chi connectivity index (χ1n) is 8.09. The van der Waals surface area contributed by atoms with Gasteiger partial charge in [0.15, 0.2) is 0 Å². The predicted molar refractivity (Wildman–Crippen MR) is 89.9 cm³/mol. The average molecular weight is 329 g/mol. The Labute approximate surface area is 142 Å². The van der Waals surface area contributed by atoms with Crippen molar-refractivity contribution in [1.29, 1.82) is 0 Å². The van der Waals surface area contributed by atoms with Crippen LogP contribution in [0, 0.1) is 17.8 Å². The van der Waals surface area contributed by atoms with Crippen LogP contribution >= 0.6 is 0 Å². The SMILES string of the molecule is CC#CC[C@@H](OCc1ccccc1)C(=O)N1C(=O)OCC1C(C)C. The lowest BCUT2D eigenvalue weighted by molar-refractivity contribution is -0.142. The van der Waals surface area contributed by atoms with Crippen molar-refractivity contribution >= 4 is 12.0 Å². The van der Waals surface area contributed by atoms with Gasteiger partial charge in [-0.3, -0.25) is 4.79 Å². The van der Waals surface area contributed by atoms with E-state index in [1.54, 1.807) is 6.92 Å². The van der Waals surface area contributed by atoms with Crippen molar-refractivity contribution in [3.8, 4) is 11.8 Å². The second-order valence-electron chi connectivity index (χ2n) is 6.01. The number of nitrogens with zero attached hydrogens (tertiary/aromatic N) is 1. The maximum Gasteiger partial charge on any atom is 0.417 e. The summed E-state index contributed by atoms with van der Waals surface area (Å²) in [6.45, 7) is 6.14. The van der Waals surface area contributed by atoms with Gasteiger partial charge in [-0.15, -0.1) is 11.8 Å². The molecule has 1 unspecified atom stereocenters. The highest BCUT2D eigenvalue weighted by molar-refractivity contribution is 5.96. The number of benzene rings is 1. The third kappa shape index (κ3) is 4.36. The second-order valence-corrected chi connectivity index (χ2v) is 6.01. The summed E-state index contributed by atoms with van der Waals surface area (Å²) in [7, 11) is 0. The van der Waals surface area contributed by atoms with Gasteiger partial charge in [0.2, 0.25) is 0 Å². The van der Waals surface area contributed by atoms with Crippen LogP contribution < -0.4 is 0 Å². The number of imide groups is 1. The normalized spacial score (nSPS) is 18.1. The molecule has 0 bridgehead atoms. The Kier molecular flexibility index (Phi) is 6.39. The van der Waals surface area contributed by atoms with Gasteiger partial charge in [0.25, 0.3) is 5.91 Å². The molecule has 0 aliphatic carbocycles. The molecule has 1 aromatic rings. The summed E-state index contributed by atoms with van der Waals surface area (Å²) in [6, 6.07) is 9.33. The molecular weight excluding hydrogens is 306 g/mol. The molecule has 24 heavy (non-hydrogen) atoms. The standard InChI is InChI=1S/C19H23NO4/c1-4-5-11-17(23-12-15-9-7-6-8-10-15)18(21)20-16(14(2)3)13-24-19(20)22/h6-10,14,16-17H,11-13H2,1-3H3/t16?,17-/m1/s1. The molecule has 5 heteroatoms. The van der Waals surface area contributed by atoms with Crippen molar-refractivity contribution in [1.82, 2.24) is 4.90 Å². The van der Waals surface area contributed by atoms with E-state index in [4.69, 9.17) is 9.47 Å². The average Bonchev–Trinajstić information content (AvgIpc) is 2.97. The van der Waals surface area contributed by atoms with Crippen LogP contribution in [0.15, 0.2) is 30.3 Å². The number of ether oxygens (including phenoxy) is 2. The van der Waals surface area contributed by atoms with Crippen molar-refractivity contribution in [2.75, 3.05) is 6.61 Å². The monoisotopic (exact) mass is 329 g/mol. The highest BCUT2D eigenvalue weighted by Crippen LogP contribution is 2.22. The Morgan fingerprint density at radius 3 is 2.71 bits per heavy atom. The molecule has 2 rings (SSSR count). The fourth-order valence-corrected chi connectivity index (χ4v) is 2.52. The zero-order valence-electron chi connectivity index (χ0n) is 14.3. The van der Waals surface area contributed by atoms with Crippen molar-refractivity contribution in [3.05, 3.63) is 35.9 Å². The first-order valence-corrected chi connectivity index (χ1v) is 8.09. The van der Waals surface area contributed by atoms with Crippen LogP contribution in [-0.4, -0.2) is 35.7 Å². The van der Waals surface area contributed by atoms with E-state index < -0.39 is 12.2 Å². The first-order chi connectivity index (χ1) is 11.5. The van der Waals surface area contributed by atoms with Gasteiger partial charge < -0.3 is 9.47 Å². The predicted octanol–water partition coefficient (Wildman–Crippen LogP) is 2.99. The molecule has 1 aromatic carbocycles. The lowest BCUT2D eigenvalue weighted by atomic mass is 10.0. The molecule has 2 atom stereocenters. The minimum atomic E-state index is -0.787. The van der Waals surface area contributed by atoms with Gasteiger partial charge in [0.05, 0.1) is 12.6 Å². The summed E-state index contributed by atoms with van der Waals surface area (Å²) in [4.78, 5) is 26.0. The smallest absolute Gasteiger partial charge is 0.417 e. The van der Waals surface area contributed by atoms with Crippen LogP contribution in [0.5, 0.6) is 0 Å². The zero-order chi connectivity index (χ0) is 17.5. The maximum absolute atomic E-state index is 12.8. The van der Waals surface area contributed by atoms with E-state index in [1.807, 2.05) is 44.2 Å². The lowest BCUT2D eigenvalue weighted by Gasteiger charge is -2.26. The van der Waals surface area contributed by atoms with Crippen molar-refractivity contribution < 1.29 is 19.1 Å². The van der Waals surface area contributed by atoms with E-state index in [9.17, 15) is 9.59 Å². The summed E-state index contributed by atoms with van der Waals surface area (Å²) in [6.07, 6.45) is -1.14. The molecular formula is C19H23NO4. The third-order valence-electron chi connectivity index (χ3n) is 3.95. The fraction of sp³-hybridized carbons (Fsp3) is 0.474. The summed E-state index contributed by atoms with van der Waals surface area (Å²) in [5, 5.41) is 0. The van der Waals surface area contributed by atoms with E-state index in [-0.39, 0.29) is 37.5 Å². The van der Waals surface area contributed by atoms with E-state index >= 15 is 0 Å². The van der Waals surface area contributed by atoms with Crippen LogP contribution in [0.4, 0.5) is 4.79 Å². The number of cyclic esters (lactones) is 1. The van der Waals surface area contributed by atoms with Gasteiger partial charge in [0, 0.05) is 6.42 Å². The molecule has 0 spiro atoms. The van der Waals surface area contributed by atoms with E-state index in [2.05, 4.69) is 11.8 Å². The Morgan fingerprint density at radius 1 is 1.38 bits per heavy atom. The summed E-state index contributed by atoms with van der Waals surface area (Å²) in [5.74, 6) is 5.38. The van der Waals surface area contributed by atoms with Crippen LogP contribution in [0.25, 0.3) is 0 Å². The van der Waals surface area contributed by atoms with Gasteiger partial charge in [-0.05, 0) is 18.4 Å². The van der Waals surface area contributed by atoms with Crippen LogP contribution in [-0.2, 0) is 20.9 Å². The molecule has 1 heterocycles. The molecule has 1 aliphatic rings. The molecule has 0 saturated carbocycles. The highest BCUT2D eigenvalue weighted by Gasteiger charge is 2.42. The van der Waals surface area contributed by atoms with Gasteiger partial charge in [-0.2, -0.15) is 0 Å². The Bertz CT molecular complexity index is 630.